The van der Waals surface area contributed by atoms with Crippen molar-refractivity contribution in [2.75, 3.05) is 18.5 Å². The second-order valence-electron chi connectivity index (χ2n) is 4.66. The molecule has 3 rings (SSSR count). The molecule has 2 N–H and O–H groups in total. The first-order valence-corrected chi connectivity index (χ1v) is 7.26. The van der Waals surface area contributed by atoms with E-state index in [0.717, 1.165) is 44.5 Å². The van der Waals surface area contributed by atoms with Crippen molar-refractivity contribution in [2.45, 2.75) is 38.3 Å². The molecular weight excluding hydrogens is 250 g/mol. The van der Waals surface area contributed by atoms with Crippen LogP contribution in [0, 0.1) is 0 Å². The molecule has 0 saturated carbocycles. The van der Waals surface area contributed by atoms with E-state index in [4.69, 9.17) is 4.74 Å². The predicted octanol–water partition coefficient (Wildman–Crippen LogP) is 1.30. The van der Waals surface area contributed by atoms with E-state index in [-0.39, 0.29) is 12.0 Å². The van der Waals surface area contributed by atoms with Gasteiger partial charge in [0.15, 0.2) is 5.13 Å². The van der Waals surface area contributed by atoms with Gasteiger partial charge in [0.1, 0.15) is 6.10 Å². The molecule has 1 amide bonds. The zero-order valence-corrected chi connectivity index (χ0v) is 11.0. The molecule has 18 heavy (non-hydrogen) atoms. The van der Waals surface area contributed by atoms with E-state index in [1.807, 2.05) is 0 Å². The van der Waals surface area contributed by atoms with Crippen LogP contribution in [0.3, 0.4) is 0 Å². The zero-order valence-electron chi connectivity index (χ0n) is 10.2. The maximum Gasteiger partial charge on any atom is 0.255 e. The lowest BCUT2D eigenvalue weighted by atomic mass is 10.1. The Labute approximate surface area is 110 Å². The minimum Gasteiger partial charge on any atom is -0.368 e. The van der Waals surface area contributed by atoms with Crippen LogP contribution < -0.4 is 10.6 Å². The Bertz CT molecular complexity index is 417. The SMILES string of the molecule is O=C(Nc1nc2c(s1)CNCC2)C1CCCCO1. The number of nitrogens with zero attached hydrogens (tertiary/aromatic N) is 1. The van der Waals surface area contributed by atoms with Crippen LogP contribution in [0.4, 0.5) is 5.13 Å². The van der Waals surface area contributed by atoms with Crippen molar-refractivity contribution in [3.8, 4) is 0 Å². The van der Waals surface area contributed by atoms with Gasteiger partial charge in [-0.1, -0.05) is 0 Å². The van der Waals surface area contributed by atoms with Crippen molar-refractivity contribution < 1.29 is 9.53 Å². The number of fused-ring (bicyclic) bond motifs is 1. The van der Waals surface area contributed by atoms with Gasteiger partial charge >= 0.3 is 0 Å². The number of nitrogens with one attached hydrogen (secondary N) is 2. The van der Waals surface area contributed by atoms with Crippen LogP contribution in [-0.4, -0.2) is 30.1 Å². The molecule has 3 heterocycles. The number of hydrogen-bond acceptors (Lipinski definition) is 5. The monoisotopic (exact) mass is 267 g/mol. The average molecular weight is 267 g/mol. The molecule has 6 heteroatoms. The number of carbonyl (C=O) groups is 1. The number of hydrogen-bond donors (Lipinski definition) is 2. The van der Waals surface area contributed by atoms with Crippen molar-refractivity contribution in [2.24, 2.45) is 0 Å². The second kappa shape index (κ2) is 5.34. The van der Waals surface area contributed by atoms with Gasteiger partial charge in [-0.15, -0.1) is 11.3 Å². The maximum absolute atomic E-state index is 12.0. The third kappa shape index (κ3) is 2.55. The van der Waals surface area contributed by atoms with E-state index in [1.165, 1.54) is 4.88 Å². The van der Waals surface area contributed by atoms with Crippen LogP contribution in [0.2, 0.25) is 0 Å². The van der Waals surface area contributed by atoms with Gasteiger partial charge < -0.3 is 10.1 Å². The number of amides is 1. The van der Waals surface area contributed by atoms with E-state index in [1.54, 1.807) is 11.3 Å². The van der Waals surface area contributed by atoms with Gasteiger partial charge in [0.05, 0.1) is 5.69 Å². The summed E-state index contributed by atoms with van der Waals surface area (Å²) in [6.45, 7) is 2.52. The molecule has 1 unspecified atom stereocenters. The summed E-state index contributed by atoms with van der Waals surface area (Å²) < 4.78 is 5.47. The van der Waals surface area contributed by atoms with Crippen LogP contribution in [0.25, 0.3) is 0 Å². The summed E-state index contributed by atoms with van der Waals surface area (Å²) in [5.41, 5.74) is 1.12. The topological polar surface area (TPSA) is 63.2 Å². The number of rotatable bonds is 2. The minimum atomic E-state index is -0.294. The number of ether oxygens (including phenoxy) is 1. The van der Waals surface area contributed by atoms with E-state index < -0.39 is 0 Å². The molecule has 0 radical (unpaired) electrons. The van der Waals surface area contributed by atoms with Gasteiger partial charge in [0.2, 0.25) is 0 Å². The average Bonchev–Trinajstić information content (AvgIpc) is 2.82. The van der Waals surface area contributed by atoms with Crippen LogP contribution in [0.1, 0.15) is 29.8 Å². The highest BCUT2D eigenvalue weighted by atomic mass is 32.1. The quantitative estimate of drug-likeness (QED) is 0.847. The normalized spacial score (nSPS) is 23.4. The van der Waals surface area contributed by atoms with Crippen LogP contribution in [0.5, 0.6) is 0 Å². The lowest BCUT2D eigenvalue weighted by Crippen LogP contribution is -2.33. The third-order valence-corrected chi connectivity index (χ3v) is 4.32. The molecule has 1 aromatic heterocycles. The number of carbonyl (C=O) groups excluding carboxylic acids is 1. The molecule has 2 aliphatic rings. The fourth-order valence-electron chi connectivity index (χ4n) is 2.31. The Morgan fingerprint density at radius 1 is 1.50 bits per heavy atom. The summed E-state index contributed by atoms with van der Waals surface area (Å²) in [5, 5.41) is 6.90. The Kier molecular flexibility index (Phi) is 3.58. The fourth-order valence-corrected chi connectivity index (χ4v) is 3.29. The Morgan fingerprint density at radius 2 is 2.44 bits per heavy atom. The highest BCUT2D eigenvalue weighted by molar-refractivity contribution is 7.15. The fraction of sp³-hybridized carbons (Fsp3) is 0.667. The Balaban J connectivity index is 1.64. The standard InChI is InChI=1S/C12H17N3O2S/c16-11(9-3-1-2-6-17-9)15-12-14-8-4-5-13-7-10(8)18-12/h9,13H,1-7H2,(H,14,15,16). The lowest BCUT2D eigenvalue weighted by molar-refractivity contribution is -0.129. The molecule has 0 spiro atoms. The van der Waals surface area contributed by atoms with Crippen molar-refractivity contribution in [3.05, 3.63) is 10.6 Å². The van der Waals surface area contributed by atoms with Crippen molar-refractivity contribution in [1.82, 2.24) is 10.3 Å². The summed E-state index contributed by atoms with van der Waals surface area (Å²) >= 11 is 1.57. The summed E-state index contributed by atoms with van der Waals surface area (Å²) in [6.07, 6.45) is 3.59. The highest BCUT2D eigenvalue weighted by Crippen LogP contribution is 2.26. The molecule has 2 aliphatic heterocycles. The molecular formula is C12H17N3O2S. The summed E-state index contributed by atoms with van der Waals surface area (Å²) in [5.74, 6) is -0.0474. The van der Waals surface area contributed by atoms with E-state index >= 15 is 0 Å². The maximum atomic E-state index is 12.0. The van der Waals surface area contributed by atoms with Crippen LogP contribution in [-0.2, 0) is 22.5 Å². The van der Waals surface area contributed by atoms with Crippen LogP contribution in [0.15, 0.2) is 0 Å². The summed E-state index contributed by atoms with van der Waals surface area (Å²) in [4.78, 5) is 17.7. The highest BCUT2D eigenvalue weighted by Gasteiger charge is 2.23. The molecule has 0 aliphatic carbocycles. The molecule has 1 fully saturated rings. The molecule has 1 saturated heterocycles. The second-order valence-corrected chi connectivity index (χ2v) is 5.74. The van der Waals surface area contributed by atoms with Crippen molar-refractivity contribution in [1.29, 1.82) is 0 Å². The van der Waals surface area contributed by atoms with Crippen molar-refractivity contribution >= 4 is 22.4 Å². The van der Waals surface area contributed by atoms with Gasteiger partial charge in [-0.3, -0.25) is 10.1 Å². The largest absolute Gasteiger partial charge is 0.368 e. The molecule has 0 bridgehead atoms. The minimum absolute atomic E-state index is 0.0474. The number of thiazole rings is 1. The van der Waals surface area contributed by atoms with Crippen molar-refractivity contribution in [3.63, 3.8) is 0 Å². The third-order valence-electron chi connectivity index (χ3n) is 3.30. The molecule has 1 atom stereocenters. The first-order valence-electron chi connectivity index (χ1n) is 6.45. The Morgan fingerprint density at radius 3 is 3.22 bits per heavy atom. The predicted molar refractivity (Wildman–Crippen MR) is 69.7 cm³/mol. The van der Waals surface area contributed by atoms with Gasteiger partial charge in [-0.25, -0.2) is 4.98 Å². The van der Waals surface area contributed by atoms with E-state index in [9.17, 15) is 4.79 Å². The molecule has 1 aromatic rings. The van der Waals surface area contributed by atoms with Gasteiger partial charge in [-0.2, -0.15) is 0 Å². The first-order chi connectivity index (χ1) is 8.83. The lowest BCUT2D eigenvalue weighted by Gasteiger charge is -2.20. The molecule has 98 valence electrons. The Hall–Kier alpha value is -0.980. The van der Waals surface area contributed by atoms with Gasteiger partial charge in [0.25, 0.3) is 5.91 Å². The molecule has 0 aromatic carbocycles. The van der Waals surface area contributed by atoms with Crippen LogP contribution >= 0.6 is 11.3 Å². The van der Waals surface area contributed by atoms with Gasteiger partial charge in [-0.05, 0) is 19.3 Å². The smallest absolute Gasteiger partial charge is 0.255 e. The summed E-state index contributed by atoms with van der Waals surface area (Å²) in [6, 6.07) is 0. The number of aromatic nitrogens is 1. The number of anilines is 1. The van der Waals surface area contributed by atoms with E-state index in [0.29, 0.717) is 11.7 Å². The summed E-state index contributed by atoms with van der Waals surface area (Å²) in [7, 11) is 0. The van der Waals surface area contributed by atoms with E-state index in [2.05, 4.69) is 15.6 Å². The first kappa shape index (κ1) is 12.1. The molecule has 5 nitrogen and oxygen atoms in total. The van der Waals surface area contributed by atoms with Gasteiger partial charge in [0, 0.05) is 31.0 Å². The zero-order chi connectivity index (χ0) is 12.4.